The Kier molecular flexibility index (Phi) is 5.67. The minimum Gasteiger partial charge on any atom is -0.358 e. The van der Waals surface area contributed by atoms with Crippen molar-refractivity contribution in [2.24, 2.45) is 5.10 Å². The molecule has 2 aromatic carbocycles. The van der Waals surface area contributed by atoms with Crippen LogP contribution in [0.4, 0.5) is 0 Å². The van der Waals surface area contributed by atoms with Crippen LogP contribution in [0.15, 0.2) is 72.4 Å². The minimum absolute atomic E-state index is 0.479. The molecule has 0 aliphatic carbocycles. The molecule has 0 heterocycles. The molecule has 21 heavy (non-hydrogen) atoms. The fourth-order valence-electron chi connectivity index (χ4n) is 1.76. The van der Waals surface area contributed by atoms with Gasteiger partial charge in [-0.15, -0.1) is 6.58 Å². The zero-order valence-corrected chi connectivity index (χ0v) is 12.4. The van der Waals surface area contributed by atoms with E-state index in [1.807, 2.05) is 30.3 Å². The van der Waals surface area contributed by atoms with E-state index in [0.29, 0.717) is 11.7 Å². The van der Waals surface area contributed by atoms with E-state index in [1.54, 1.807) is 12.3 Å². The lowest BCUT2D eigenvalue weighted by atomic mass is 10.0. The highest BCUT2D eigenvalue weighted by Gasteiger charge is 1.96. The quantitative estimate of drug-likeness (QED) is 0.384. The molecule has 3 nitrogen and oxygen atoms in total. The molecule has 2 rings (SSSR count). The molecule has 0 amide bonds. The summed E-state index contributed by atoms with van der Waals surface area (Å²) >= 11 is 5.04. The molecule has 0 spiro atoms. The summed E-state index contributed by atoms with van der Waals surface area (Å²) in [5.41, 5.74) is 6.15. The molecule has 0 unspecified atom stereocenters. The Morgan fingerprint density at radius 1 is 1.05 bits per heavy atom. The minimum atomic E-state index is 0.479. The molecule has 0 fully saturated rings. The average Bonchev–Trinajstić information content (AvgIpc) is 2.54. The fourth-order valence-corrected chi connectivity index (χ4v) is 1.90. The second-order valence-corrected chi connectivity index (χ2v) is 4.76. The number of rotatable bonds is 5. The number of nitrogens with one attached hydrogen (secondary N) is 2. The van der Waals surface area contributed by atoms with Gasteiger partial charge in [0.25, 0.3) is 0 Å². The van der Waals surface area contributed by atoms with E-state index < -0.39 is 0 Å². The zero-order valence-electron chi connectivity index (χ0n) is 11.6. The van der Waals surface area contributed by atoms with Crippen molar-refractivity contribution in [1.29, 1.82) is 0 Å². The van der Waals surface area contributed by atoms with Gasteiger partial charge in [0.15, 0.2) is 5.11 Å². The van der Waals surface area contributed by atoms with E-state index in [2.05, 4.69) is 46.7 Å². The maximum absolute atomic E-state index is 5.04. The van der Waals surface area contributed by atoms with E-state index in [4.69, 9.17) is 12.2 Å². The Labute approximate surface area is 130 Å². The molecule has 4 heteroatoms. The molecule has 0 bridgehead atoms. The van der Waals surface area contributed by atoms with Gasteiger partial charge in [-0.05, 0) is 28.9 Å². The Balaban J connectivity index is 1.93. The highest BCUT2D eigenvalue weighted by molar-refractivity contribution is 7.80. The van der Waals surface area contributed by atoms with Crippen LogP contribution in [0.3, 0.4) is 0 Å². The average molecular weight is 295 g/mol. The molecular weight excluding hydrogens is 278 g/mol. The summed E-state index contributed by atoms with van der Waals surface area (Å²) in [7, 11) is 0. The molecule has 2 aromatic rings. The summed E-state index contributed by atoms with van der Waals surface area (Å²) in [6.07, 6.45) is 3.47. The number of nitrogens with zero attached hydrogens (tertiary/aromatic N) is 1. The first kappa shape index (κ1) is 14.9. The third-order valence-corrected chi connectivity index (χ3v) is 3.04. The molecule has 0 aliphatic rings. The van der Waals surface area contributed by atoms with E-state index in [9.17, 15) is 0 Å². The van der Waals surface area contributed by atoms with Crippen molar-refractivity contribution >= 4 is 23.5 Å². The van der Waals surface area contributed by atoms with Gasteiger partial charge in [-0.3, -0.25) is 5.43 Å². The maximum atomic E-state index is 5.04. The largest absolute Gasteiger partial charge is 0.358 e. The first-order valence-corrected chi connectivity index (χ1v) is 7.03. The molecule has 0 saturated heterocycles. The monoisotopic (exact) mass is 295 g/mol. The van der Waals surface area contributed by atoms with Crippen LogP contribution in [0.1, 0.15) is 5.56 Å². The second kappa shape index (κ2) is 7.97. The maximum Gasteiger partial charge on any atom is 0.187 e. The highest BCUT2D eigenvalue weighted by Crippen LogP contribution is 2.18. The predicted molar refractivity (Wildman–Crippen MR) is 93.4 cm³/mol. The van der Waals surface area contributed by atoms with E-state index >= 15 is 0 Å². The lowest BCUT2D eigenvalue weighted by molar-refractivity contribution is 0.942. The summed E-state index contributed by atoms with van der Waals surface area (Å²) in [6, 6.07) is 18.5. The van der Waals surface area contributed by atoms with Crippen LogP contribution in [0.25, 0.3) is 11.1 Å². The third kappa shape index (κ3) is 4.85. The van der Waals surface area contributed by atoms with Crippen LogP contribution in [0, 0.1) is 0 Å². The van der Waals surface area contributed by atoms with Crippen LogP contribution in [0.5, 0.6) is 0 Å². The van der Waals surface area contributed by atoms with Gasteiger partial charge in [0.1, 0.15) is 0 Å². The van der Waals surface area contributed by atoms with Gasteiger partial charge in [0.05, 0.1) is 6.21 Å². The van der Waals surface area contributed by atoms with Crippen molar-refractivity contribution in [2.75, 3.05) is 6.54 Å². The van der Waals surface area contributed by atoms with Crippen LogP contribution in [-0.2, 0) is 0 Å². The Hall–Kier alpha value is -2.46. The fraction of sp³-hybridized carbons (Fsp3) is 0.0588. The smallest absolute Gasteiger partial charge is 0.187 e. The van der Waals surface area contributed by atoms with E-state index in [-0.39, 0.29) is 0 Å². The van der Waals surface area contributed by atoms with E-state index in [0.717, 1.165) is 5.56 Å². The van der Waals surface area contributed by atoms with Gasteiger partial charge in [0, 0.05) is 6.54 Å². The van der Waals surface area contributed by atoms with Gasteiger partial charge in [-0.2, -0.15) is 5.10 Å². The van der Waals surface area contributed by atoms with Crippen molar-refractivity contribution < 1.29 is 0 Å². The van der Waals surface area contributed by atoms with Gasteiger partial charge >= 0.3 is 0 Å². The zero-order chi connectivity index (χ0) is 14.9. The third-order valence-electron chi connectivity index (χ3n) is 2.80. The van der Waals surface area contributed by atoms with Crippen LogP contribution in [0.2, 0.25) is 0 Å². The Morgan fingerprint density at radius 2 is 1.71 bits per heavy atom. The summed E-state index contributed by atoms with van der Waals surface area (Å²) < 4.78 is 0. The molecule has 0 aliphatic heterocycles. The second-order valence-electron chi connectivity index (χ2n) is 4.36. The number of hydrogen-bond donors (Lipinski definition) is 2. The van der Waals surface area contributed by atoms with Crippen LogP contribution in [-0.4, -0.2) is 17.9 Å². The van der Waals surface area contributed by atoms with Crippen molar-refractivity contribution in [3.63, 3.8) is 0 Å². The Bertz CT molecular complexity index is 618. The normalized spacial score (nSPS) is 10.3. The Morgan fingerprint density at radius 3 is 2.38 bits per heavy atom. The van der Waals surface area contributed by atoms with Crippen LogP contribution >= 0.6 is 12.2 Å². The summed E-state index contributed by atoms with van der Waals surface area (Å²) in [5.74, 6) is 0. The number of benzene rings is 2. The van der Waals surface area contributed by atoms with E-state index in [1.165, 1.54) is 11.1 Å². The number of hydrogen-bond acceptors (Lipinski definition) is 2. The van der Waals surface area contributed by atoms with Crippen molar-refractivity contribution in [2.45, 2.75) is 0 Å². The summed E-state index contributed by atoms with van der Waals surface area (Å²) in [4.78, 5) is 0. The van der Waals surface area contributed by atoms with Crippen molar-refractivity contribution in [3.8, 4) is 11.1 Å². The first-order valence-electron chi connectivity index (χ1n) is 6.63. The van der Waals surface area contributed by atoms with Gasteiger partial charge in [-0.1, -0.05) is 60.7 Å². The molecular formula is C17H17N3S. The van der Waals surface area contributed by atoms with Gasteiger partial charge < -0.3 is 5.32 Å². The van der Waals surface area contributed by atoms with Gasteiger partial charge in [0.2, 0.25) is 0 Å². The van der Waals surface area contributed by atoms with Crippen LogP contribution < -0.4 is 10.7 Å². The lowest BCUT2D eigenvalue weighted by Gasteiger charge is -2.04. The molecule has 0 radical (unpaired) electrons. The molecule has 0 aromatic heterocycles. The summed E-state index contributed by atoms with van der Waals surface area (Å²) in [5, 5.41) is 7.50. The number of hydrazone groups is 1. The molecule has 0 saturated carbocycles. The summed E-state index contributed by atoms with van der Waals surface area (Å²) in [6.45, 7) is 4.22. The van der Waals surface area contributed by atoms with Crippen molar-refractivity contribution in [1.82, 2.24) is 10.7 Å². The SMILES string of the molecule is C=CCNC(=S)N/N=C\c1ccc(-c2ccccc2)cc1. The molecule has 2 N–H and O–H groups in total. The topological polar surface area (TPSA) is 36.4 Å². The standard InChI is InChI=1S/C17H17N3S/c1-2-12-18-17(21)20-19-13-14-8-10-16(11-9-14)15-6-4-3-5-7-15/h2-11,13H,1,12H2,(H2,18,20,21)/b19-13-. The molecule has 106 valence electrons. The first-order chi connectivity index (χ1) is 10.3. The molecule has 0 atom stereocenters. The number of thiocarbonyl (C=S) groups is 1. The van der Waals surface area contributed by atoms with Crippen molar-refractivity contribution in [3.05, 3.63) is 72.8 Å². The predicted octanol–water partition coefficient (Wildman–Crippen LogP) is 3.34. The highest BCUT2D eigenvalue weighted by atomic mass is 32.1. The van der Waals surface area contributed by atoms with Gasteiger partial charge in [-0.25, -0.2) is 0 Å². The lowest BCUT2D eigenvalue weighted by Crippen LogP contribution is -2.31.